The van der Waals surface area contributed by atoms with E-state index in [0.29, 0.717) is 11.0 Å². The second-order valence-corrected chi connectivity index (χ2v) is 7.75. The monoisotopic (exact) mass is 296 g/mol. The smallest absolute Gasteiger partial charge is 0.323 e. The molecule has 0 amide bonds. The molecule has 0 radical (unpaired) electrons. The Morgan fingerprint density at radius 1 is 1.35 bits per heavy atom. The van der Waals surface area contributed by atoms with Gasteiger partial charge in [-0.3, -0.25) is 4.79 Å². The molecule has 0 unspecified atom stereocenters. The number of carboxylic acid groups (broad SMARTS) is 1. The van der Waals surface area contributed by atoms with Crippen LogP contribution in [0.4, 0.5) is 0 Å². The molecule has 0 atom stereocenters. The predicted molar refractivity (Wildman–Crippen MR) is 75.2 cm³/mol. The van der Waals surface area contributed by atoms with Crippen LogP contribution in [0.25, 0.3) is 11.0 Å². The van der Waals surface area contributed by atoms with Crippen molar-refractivity contribution in [1.29, 1.82) is 0 Å². The van der Waals surface area contributed by atoms with E-state index in [1.165, 1.54) is 18.4 Å². The number of carboxylic acids is 1. The summed E-state index contributed by atoms with van der Waals surface area (Å²) in [5.74, 6) is -0.803. The van der Waals surface area contributed by atoms with Crippen LogP contribution < -0.4 is 0 Å². The lowest BCUT2D eigenvalue weighted by atomic mass is 10.2. The Labute approximate surface area is 117 Å². The third-order valence-electron chi connectivity index (χ3n) is 3.41. The second kappa shape index (κ2) is 4.59. The Morgan fingerprint density at radius 3 is 2.50 bits per heavy atom. The van der Waals surface area contributed by atoms with Gasteiger partial charge in [0.25, 0.3) is 0 Å². The number of aliphatic carboxylic acids is 1. The summed E-state index contributed by atoms with van der Waals surface area (Å²) < 4.78 is 24.1. The molecular weight excluding hydrogens is 280 g/mol. The van der Waals surface area contributed by atoms with Gasteiger partial charge in [-0.2, -0.15) is 0 Å². The summed E-state index contributed by atoms with van der Waals surface area (Å²) in [6, 6.07) is 7.00. The van der Waals surface area contributed by atoms with Crippen LogP contribution in [0.5, 0.6) is 0 Å². The standard InChI is InChI=1S/C13H16N2O4S/c1-13(2,20(3,18)19)12-14-9-6-4-5-7-10(9)15(12)8-11(16)17/h4-7H,8H2,1-3H3,(H,16,17). The molecule has 0 fully saturated rings. The Balaban J connectivity index is 2.79. The number of aromatic nitrogens is 2. The van der Waals surface area contributed by atoms with E-state index < -0.39 is 20.6 Å². The topological polar surface area (TPSA) is 89.3 Å². The van der Waals surface area contributed by atoms with Crippen molar-refractivity contribution in [2.45, 2.75) is 25.1 Å². The van der Waals surface area contributed by atoms with E-state index in [2.05, 4.69) is 4.98 Å². The first-order valence-corrected chi connectivity index (χ1v) is 7.91. The molecule has 0 aliphatic heterocycles. The summed E-state index contributed by atoms with van der Waals surface area (Å²) >= 11 is 0. The molecule has 2 rings (SSSR count). The zero-order chi connectivity index (χ0) is 15.1. The zero-order valence-electron chi connectivity index (χ0n) is 11.5. The third kappa shape index (κ3) is 2.29. The fourth-order valence-electron chi connectivity index (χ4n) is 2.00. The lowest BCUT2D eigenvalue weighted by molar-refractivity contribution is -0.137. The largest absolute Gasteiger partial charge is 0.480 e. The SMILES string of the molecule is CC(C)(c1nc2ccccc2n1CC(=O)O)S(C)(=O)=O. The van der Waals surface area contributed by atoms with Crippen LogP contribution in [0, 0.1) is 0 Å². The third-order valence-corrected chi connectivity index (χ3v) is 5.45. The van der Waals surface area contributed by atoms with Gasteiger partial charge in [0.05, 0.1) is 11.0 Å². The first-order valence-electron chi connectivity index (χ1n) is 6.01. The minimum absolute atomic E-state index is 0.239. The molecule has 6 nitrogen and oxygen atoms in total. The summed E-state index contributed by atoms with van der Waals surface area (Å²) in [6.07, 6.45) is 1.12. The summed E-state index contributed by atoms with van der Waals surface area (Å²) in [5, 5.41) is 9.04. The van der Waals surface area contributed by atoms with Gasteiger partial charge >= 0.3 is 5.97 Å². The van der Waals surface area contributed by atoms with E-state index >= 15 is 0 Å². The molecular formula is C13H16N2O4S. The van der Waals surface area contributed by atoms with Crippen molar-refractivity contribution in [2.24, 2.45) is 0 Å². The lowest BCUT2D eigenvalue weighted by Crippen LogP contribution is -2.32. The van der Waals surface area contributed by atoms with E-state index in [4.69, 9.17) is 5.11 Å². The van der Waals surface area contributed by atoms with Crippen molar-refractivity contribution in [2.75, 3.05) is 6.26 Å². The summed E-state index contributed by atoms with van der Waals surface area (Å²) in [4.78, 5) is 15.4. The zero-order valence-corrected chi connectivity index (χ0v) is 12.3. The first-order chi connectivity index (χ1) is 9.14. The number of rotatable bonds is 4. The van der Waals surface area contributed by atoms with Gasteiger partial charge in [0.15, 0.2) is 9.84 Å². The number of imidazole rings is 1. The molecule has 1 aromatic carbocycles. The van der Waals surface area contributed by atoms with Crippen LogP contribution >= 0.6 is 0 Å². The van der Waals surface area contributed by atoms with E-state index in [9.17, 15) is 13.2 Å². The maximum atomic E-state index is 12.0. The van der Waals surface area contributed by atoms with Crippen LogP contribution in [-0.4, -0.2) is 35.3 Å². The maximum absolute atomic E-state index is 12.0. The van der Waals surface area contributed by atoms with E-state index in [1.54, 1.807) is 24.3 Å². The summed E-state index contributed by atoms with van der Waals surface area (Å²) in [7, 11) is -3.44. The highest BCUT2D eigenvalue weighted by Gasteiger charge is 2.37. The van der Waals surface area contributed by atoms with E-state index in [0.717, 1.165) is 6.26 Å². The number of hydrogen-bond donors (Lipinski definition) is 1. The van der Waals surface area contributed by atoms with Crippen molar-refractivity contribution < 1.29 is 18.3 Å². The number of fused-ring (bicyclic) bond motifs is 1. The Hall–Kier alpha value is -1.89. The van der Waals surface area contributed by atoms with Gasteiger partial charge in [0, 0.05) is 6.26 Å². The fourth-order valence-corrected chi connectivity index (χ4v) is 2.48. The van der Waals surface area contributed by atoms with Crippen LogP contribution in [0.1, 0.15) is 19.7 Å². The highest BCUT2D eigenvalue weighted by Crippen LogP contribution is 2.31. The Kier molecular flexibility index (Phi) is 3.33. The highest BCUT2D eigenvalue weighted by atomic mass is 32.2. The average Bonchev–Trinajstić information content (AvgIpc) is 2.67. The Bertz CT molecular complexity index is 775. The van der Waals surface area contributed by atoms with E-state index in [-0.39, 0.29) is 12.4 Å². The molecule has 2 aromatic rings. The molecule has 20 heavy (non-hydrogen) atoms. The van der Waals surface area contributed by atoms with Crippen molar-refractivity contribution in [3.63, 3.8) is 0 Å². The minimum Gasteiger partial charge on any atom is -0.480 e. The molecule has 7 heteroatoms. The summed E-state index contributed by atoms with van der Waals surface area (Å²) in [6.45, 7) is 2.73. The summed E-state index contributed by atoms with van der Waals surface area (Å²) in [5.41, 5.74) is 1.20. The number of hydrogen-bond acceptors (Lipinski definition) is 4. The molecule has 1 aromatic heterocycles. The minimum atomic E-state index is -3.44. The molecule has 1 N–H and O–H groups in total. The van der Waals surface area contributed by atoms with Gasteiger partial charge in [0.2, 0.25) is 0 Å². The molecule has 0 aliphatic carbocycles. The number of benzene rings is 1. The van der Waals surface area contributed by atoms with Crippen molar-refractivity contribution in [3.8, 4) is 0 Å². The van der Waals surface area contributed by atoms with E-state index in [1.807, 2.05) is 0 Å². The maximum Gasteiger partial charge on any atom is 0.323 e. The molecule has 0 saturated carbocycles. The van der Waals surface area contributed by atoms with Gasteiger partial charge in [-0.1, -0.05) is 12.1 Å². The number of nitrogens with zero attached hydrogens (tertiary/aromatic N) is 2. The molecule has 0 saturated heterocycles. The van der Waals surface area contributed by atoms with Gasteiger partial charge in [0.1, 0.15) is 17.1 Å². The van der Waals surface area contributed by atoms with Gasteiger partial charge in [-0.15, -0.1) is 0 Å². The predicted octanol–water partition coefficient (Wildman–Crippen LogP) is 1.40. The highest BCUT2D eigenvalue weighted by molar-refractivity contribution is 7.91. The molecule has 0 aliphatic rings. The molecule has 1 heterocycles. The molecule has 108 valence electrons. The fraction of sp³-hybridized carbons (Fsp3) is 0.385. The van der Waals surface area contributed by atoms with Gasteiger partial charge in [-0.25, -0.2) is 13.4 Å². The van der Waals surface area contributed by atoms with Crippen molar-refractivity contribution >= 4 is 26.8 Å². The number of sulfone groups is 1. The van der Waals surface area contributed by atoms with Crippen LogP contribution in [0.2, 0.25) is 0 Å². The average molecular weight is 296 g/mol. The Morgan fingerprint density at radius 2 is 1.95 bits per heavy atom. The van der Waals surface area contributed by atoms with Crippen molar-refractivity contribution in [1.82, 2.24) is 9.55 Å². The number of para-hydroxylation sites is 2. The number of carbonyl (C=O) groups is 1. The van der Waals surface area contributed by atoms with Crippen molar-refractivity contribution in [3.05, 3.63) is 30.1 Å². The second-order valence-electron chi connectivity index (χ2n) is 5.19. The molecule has 0 bridgehead atoms. The van der Waals surface area contributed by atoms with Gasteiger partial charge in [-0.05, 0) is 26.0 Å². The molecule has 0 spiro atoms. The van der Waals surface area contributed by atoms with Crippen LogP contribution in [-0.2, 0) is 25.9 Å². The first kappa shape index (κ1) is 14.5. The lowest BCUT2D eigenvalue weighted by Gasteiger charge is -2.22. The quantitative estimate of drug-likeness (QED) is 0.921. The van der Waals surface area contributed by atoms with Crippen LogP contribution in [0.3, 0.4) is 0 Å². The van der Waals surface area contributed by atoms with Gasteiger partial charge < -0.3 is 9.67 Å². The normalized spacial score (nSPS) is 12.8. The van der Waals surface area contributed by atoms with Crippen LogP contribution in [0.15, 0.2) is 24.3 Å².